The van der Waals surface area contributed by atoms with E-state index >= 15 is 0 Å². The highest BCUT2D eigenvalue weighted by Gasteiger charge is 2.54. The molecule has 8 heteroatoms. The molecule has 1 heterocycles. The summed E-state index contributed by atoms with van der Waals surface area (Å²) in [6.45, 7) is 1.64. The zero-order valence-corrected chi connectivity index (χ0v) is 17.7. The number of hydrogen-bond donors (Lipinski definition) is 3. The number of halogens is 1. The number of carbonyl (C=O) groups excluding carboxylic acids is 1. The third-order valence-electron chi connectivity index (χ3n) is 7.42. The van der Waals surface area contributed by atoms with Crippen molar-refractivity contribution in [2.24, 2.45) is 23.5 Å². The van der Waals surface area contributed by atoms with Gasteiger partial charge in [-0.2, -0.15) is 5.10 Å². The highest BCUT2D eigenvalue weighted by atomic mass is 35.5. The van der Waals surface area contributed by atoms with Crippen molar-refractivity contribution >= 4 is 23.5 Å². The standard InChI is InChI=1S/C12H20N2O.C9H11ClN2O2/c1-7(15)14-12-4-8-2-9(5-12)11(13)10(3-8)6-12;10-8-7(9(13)14)5-11-12(8)6-3-1-2-4-6/h8-11H,2-6,13H2,1H3,(H,14,15);5-6H,1-4H2,(H,13,14). The van der Waals surface area contributed by atoms with E-state index in [9.17, 15) is 9.59 Å². The fraction of sp³-hybridized carbons (Fsp3) is 0.762. The summed E-state index contributed by atoms with van der Waals surface area (Å²) < 4.78 is 1.64. The molecule has 2 unspecified atom stereocenters. The van der Waals surface area contributed by atoms with Crippen molar-refractivity contribution in [2.75, 3.05) is 0 Å². The SMILES string of the molecule is CC(=O)NC12CC3CC(C1)C(N)C(C3)C2.O=C(O)c1cnn(C2CCCC2)c1Cl. The van der Waals surface area contributed by atoms with E-state index in [1.165, 1.54) is 38.3 Å². The Hall–Kier alpha value is -1.60. The molecule has 5 saturated carbocycles. The average molecular weight is 423 g/mol. The molecule has 6 rings (SSSR count). The Morgan fingerprint density at radius 2 is 1.86 bits per heavy atom. The van der Waals surface area contributed by atoms with E-state index in [4.69, 9.17) is 22.4 Å². The van der Waals surface area contributed by atoms with Gasteiger partial charge in [-0.25, -0.2) is 4.79 Å². The van der Waals surface area contributed by atoms with Crippen LogP contribution in [0.4, 0.5) is 0 Å². The van der Waals surface area contributed by atoms with Crippen molar-refractivity contribution < 1.29 is 14.7 Å². The summed E-state index contributed by atoms with van der Waals surface area (Å²) in [7, 11) is 0. The van der Waals surface area contributed by atoms with E-state index in [-0.39, 0.29) is 28.2 Å². The Balaban J connectivity index is 0.000000142. The lowest BCUT2D eigenvalue weighted by Gasteiger charge is -2.59. The molecule has 7 nitrogen and oxygen atoms in total. The van der Waals surface area contributed by atoms with Gasteiger partial charge in [0.05, 0.1) is 12.2 Å². The van der Waals surface area contributed by atoms with Gasteiger partial charge in [-0.1, -0.05) is 24.4 Å². The minimum Gasteiger partial charge on any atom is -0.478 e. The Labute approximate surface area is 176 Å². The predicted octanol–water partition coefficient (Wildman–Crippen LogP) is 3.38. The maximum absolute atomic E-state index is 11.3. The van der Waals surface area contributed by atoms with Crippen LogP contribution in [-0.4, -0.2) is 38.3 Å². The predicted molar refractivity (Wildman–Crippen MR) is 110 cm³/mol. The van der Waals surface area contributed by atoms with Crippen LogP contribution in [-0.2, 0) is 4.79 Å². The van der Waals surface area contributed by atoms with E-state index in [0.29, 0.717) is 17.9 Å². The second kappa shape index (κ2) is 7.91. The van der Waals surface area contributed by atoms with Crippen molar-refractivity contribution in [3.63, 3.8) is 0 Å². The Bertz CT molecular complexity index is 773. The summed E-state index contributed by atoms with van der Waals surface area (Å²) in [5.41, 5.74) is 6.46. The summed E-state index contributed by atoms with van der Waals surface area (Å²) in [5, 5.41) is 16.3. The molecule has 5 fully saturated rings. The largest absolute Gasteiger partial charge is 0.478 e. The van der Waals surface area contributed by atoms with Gasteiger partial charge in [0.25, 0.3) is 0 Å². The van der Waals surface area contributed by atoms with Crippen LogP contribution in [0.3, 0.4) is 0 Å². The van der Waals surface area contributed by atoms with Crippen LogP contribution >= 0.6 is 11.6 Å². The molecule has 160 valence electrons. The fourth-order valence-corrected chi connectivity index (χ4v) is 6.80. The number of amides is 1. The molecule has 2 atom stereocenters. The Morgan fingerprint density at radius 1 is 1.24 bits per heavy atom. The number of nitrogens with zero attached hydrogens (tertiary/aromatic N) is 2. The summed E-state index contributed by atoms with van der Waals surface area (Å²) in [6.07, 6.45) is 11.8. The molecule has 5 aliphatic carbocycles. The fourth-order valence-electron chi connectivity index (χ4n) is 6.48. The maximum atomic E-state index is 11.3. The number of carboxylic acids is 1. The second-order valence-corrected chi connectivity index (χ2v) is 9.90. The average Bonchev–Trinajstić information content (AvgIpc) is 3.27. The number of carboxylic acid groups (broad SMARTS) is 1. The number of carbonyl (C=O) groups is 2. The molecule has 0 aromatic carbocycles. The summed E-state index contributed by atoms with van der Waals surface area (Å²) >= 11 is 5.92. The molecule has 4 bridgehead atoms. The third-order valence-corrected chi connectivity index (χ3v) is 7.80. The van der Waals surface area contributed by atoms with Crippen LogP contribution in [0.25, 0.3) is 0 Å². The van der Waals surface area contributed by atoms with E-state index in [2.05, 4.69) is 10.4 Å². The Kier molecular flexibility index (Phi) is 5.64. The lowest BCUT2D eigenvalue weighted by molar-refractivity contribution is -0.125. The van der Waals surface area contributed by atoms with Gasteiger partial charge in [-0.05, 0) is 62.7 Å². The molecule has 0 aliphatic heterocycles. The van der Waals surface area contributed by atoms with Crippen LogP contribution in [0.1, 0.15) is 81.1 Å². The van der Waals surface area contributed by atoms with Gasteiger partial charge >= 0.3 is 5.97 Å². The number of rotatable bonds is 3. The molecule has 0 saturated heterocycles. The minimum absolute atomic E-state index is 0.0959. The molecule has 0 spiro atoms. The molecule has 1 aromatic heterocycles. The van der Waals surface area contributed by atoms with E-state index in [1.54, 1.807) is 11.6 Å². The molecule has 5 aliphatic rings. The third kappa shape index (κ3) is 4.04. The van der Waals surface area contributed by atoms with Gasteiger partial charge in [0.2, 0.25) is 5.91 Å². The summed E-state index contributed by atoms with van der Waals surface area (Å²) in [5.74, 6) is 1.28. The van der Waals surface area contributed by atoms with Gasteiger partial charge < -0.3 is 16.2 Å². The molecule has 4 N–H and O–H groups in total. The minimum atomic E-state index is -1.01. The van der Waals surface area contributed by atoms with Crippen molar-refractivity contribution in [1.29, 1.82) is 0 Å². The normalized spacial score (nSPS) is 35.3. The first-order valence-electron chi connectivity index (χ1n) is 10.8. The Morgan fingerprint density at radius 3 is 2.38 bits per heavy atom. The number of hydrogen-bond acceptors (Lipinski definition) is 4. The van der Waals surface area contributed by atoms with Crippen LogP contribution in [0.2, 0.25) is 5.15 Å². The smallest absolute Gasteiger partial charge is 0.340 e. The van der Waals surface area contributed by atoms with Crippen LogP contribution < -0.4 is 11.1 Å². The highest BCUT2D eigenvalue weighted by molar-refractivity contribution is 6.32. The second-order valence-electron chi connectivity index (χ2n) is 9.55. The molecular formula is C21H31ClN4O3. The van der Waals surface area contributed by atoms with Crippen LogP contribution in [0.5, 0.6) is 0 Å². The maximum Gasteiger partial charge on any atom is 0.340 e. The topological polar surface area (TPSA) is 110 Å². The van der Waals surface area contributed by atoms with E-state index in [1.807, 2.05) is 0 Å². The van der Waals surface area contributed by atoms with Crippen LogP contribution in [0.15, 0.2) is 6.20 Å². The van der Waals surface area contributed by atoms with Crippen molar-refractivity contribution in [3.05, 3.63) is 16.9 Å². The van der Waals surface area contributed by atoms with Crippen molar-refractivity contribution in [2.45, 2.75) is 82.3 Å². The molecule has 1 amide bonds. The first kappa shape index (κ1) is 20.7. The zero-order chi connectivity index (χ0) is 20.8. The monoisotopic (exact) mass is 422 g/mol. The summed E-state index contributed by atoms with van der Waals surface area (Å²) in [6, 6.07) is 0.694. The van der Waals surface area contributed by atoms with Crippen molar-refractivity contribution in [1.82, 2.24) is 15.1 Å². The van der Waals surface area contributed by atoms with Gasteiger partial charge in [-0.3, -0.25) is 9.48 Å². The number of nitrogens with one attached hydrogen (secondary N) is 1. The van der Waals surface area contributed by atoms with Crippen molar-refractivity contribution in [3.8, 4) is 0 Å². The molecule has 1 aromatic rings. The zero-order valence-electron chi connectivity index (χ0n) is 16.9. The van der Waals surface area contributed by atoms with E-state index < -0.39 is 5.97 Å². The lowest BCUT2D eigenvalue weighted by Crippen LogP contribution is -2.65. The van der Waals surface area contributed by atoms with Crippen LogP contribution in [0, 0.1) is 17.8 Å². The molecule has 29 heavy (non-hydrogen) atoms. The number of aromatic nitrogens is 2. The number of aromatic carboxylic acids is 1. The first-order chi connectivity index (χ1) is 13.8. The van der Waals surface area contributed by atoms with Gasteiger partial charge in [-0.15, -0.1) is 0 Å². The first-order valence-corrected chi connectivity index (χ1v) is 11.2. The van der Waals surface area contributed by atoms with Gasteiger partial charge in [0, 0.05) is 18.5 Å². The number of nitrogens with two attached hydrogens (primary N) is 1. The summed E-state index contributed by atoms with van der Waals surface area (Å²) in [4.78, 5) is 22.0. The van der Waals surface area contributed by atoms with Gasteiger partial charge in [0.15, 0.2) is 0 Å². The molecular weight excluding hydrogens is 392 g/mol. The lowest BCUT2D eigenvalue weighted by atomic mass is 9.51. The quantitative estimate of drug-likeness (QED) is 0.691. The molecule has 0 radical (unpaired) electrons. The van der Waals surface area contributed by atoms with Gasteiger partial charge in [0.1, 0.15) is 10.7 Å². The highest BCUT2D eigenvalue weighted by Crippen LogP contribution is 2.55. The van der Waals surface area contributed by atoms with E-state index in [0.717, 1.165) is 31.6 Å².